The zero-order chi connectivity index (χ0) is 22.4. The highest BCUT2D eigenvalue weighted by atomic mass is 32.1. The Morgan fingerprint density at radius 1 is 1.29 bits per heavy atom. The second kappa shape index (κ2) is 10.7. The van der Waals surface area contributed by atoms with E-state index in [9.17, 15) is 14.7 Å². The van der Waals surface area contributed by atoms with Gasteiger partial charge in [0.25, 0.3) is 0 Å². The topological polar surface area (TPSA) is 101 Å². The smallest absolute Gasteiger partial charge is 0.331 e. The van der Waals surface area contributed by atoms with Crippen molar-refractivity contribution in [1.82, 2.24) is 10.6 Å². The van der Waals surface area contributed by atoms with Gasteiger partial charge in [-0.3, -0.25) is 4.79 Å². The highest BCUT2D eigenvalue weighted by Crippen LogP contribution is 2.27. The van der Waals surface area contributed by atoms with Gasteiger partial charge in [0.15, 0.2) is 0 Å². The number of ether oxygens (including phenoxy) is 1. The number of rotatable bonds is 10. The predicted octanol–water partition coefficient (Wildman–Crippen LogP) is 3.96. The number of nitrogens with one attached hydrogen (secondary N) is 2. The van der Waals surface area contributed by atoms with Crippen molar-refractivity contribution in [3.63, 3.8) is 0 Å². The molecule has 2 heterocycles. The SMILES string of the molecule is CCC(CC)O[C@@H]1C=C(C(=O)O)C[C@H](NCc2ccc(-c3ccsc3)o2)[C@H]1NC(C)=O. The zero-order valence-corrected chi connectivity index (χ0v) is 18.9. The number of hydrogen-bond acceptors (Lipinski definition) is 6. The molecule has 0 aliphatic heterocycles. The van der Waals surface area contributed by atoms with E-state index in [4.69, 9.17) is 9.15 Å². The van der Waals surface area contributed by atoms with E-state index < -0.39 is 12.1 Å². The van der Waals surface area contributed by atoms with Gasteiger partial charge in [-0.05, 0) is 48.9 Å². The average Bonchev–Trinajstić information content (AvgIpc) is 3.43. The van der Waals surface area contributed by atoms with E-state index >= 15 is 0 Å². The van der Waals surface area contributed by atoms with Crippen LogP contribution in [0, 0.1) is 0 Å². The van der Waals surface area contributed by atoms with Crippen molar-refractivity contribution < 1.29 is 23.8 Å². The van der Waals surface area contributed by atoms with Crippen molar-refractivity contribution in [3.05, 3.63) is 46.4 Å². The molecule has 3 atom stereocenters. The lowest BCUT2D eigenvalue weighted by molar-refractivity contribution is -0.133. The number of amides is 1. The van der Waals surface area contributed by atoms with Gasteiger partial charge in [-0.15, -0.1) is 0 Å². The highest BCUT2D eigenvalue weighted by Gasteiger charge is 2.37. The van der Waals surface area contributed by atoms with Gasteiger partial charge in [-0.2, -0.15) is 11.3 Å². The Kier molecular flexibility index (Phi) is 8.06. The van der Waals surface area contributed by atoms with Gasteiger partial charge in [0.2, 0.25) is 5.91 Å². The van der Waals surface area contributed by atoms with Crippen LogP contribution in [0.5, 0.6) is 0 Å². The van der Waals surface area contributed by atoms with Gasteiger partial charge in [0, 0.05) is 29.5 Å². The van der Waals surface area contributed by atoms with Crippen LogP contribution in [0.3, 0.4) is 0 Å². The van der Waals surface area contributed by atoms with Gasteiger partial charge in [0.05, 0.1) is 24.8 Å². The van der Waals surface area contributed by atoms with E-state index in [0.717, 1.165) is 29.9 Å². The minimum atomic E-state index is -0.969. The Morgan fingerprint density at radius 3 is 2.68 bits per heavy atom. The van der Waals surface area contributed by atoms with Crippen LogP contribution >= 0.6 is 11.3 Å². The molecule has 3 rings (SSSR count). The summed E-state index contributed by atoms with van der Waals surface area (Å²) in [6.45, 7) is 5.94. The molecule has 1 aliphatic rings. The van der Waals surface area contributed by atoms with Crippen molar-refractivity contribution in [3.8, 4) is 11.3 Å². The fourth-order valence-electron chi connectivity index (χ4n) is 3.83. The van der Waals surface area contributed by atoms with Gasteiger partial charge >= 0.3 is 5.97 Å². The van der Waals surface area contributed by atoms with Gasteiger partial charge in [0.1, 0.15) is 11.5 Å². The molecule has 0 unspecified atom stereocenters. The van der Waals surface area contributed by atoms with Crippen molar-refractivity contribution in [2.45, 2.75) is 70.9 Å². The molecule has 7 nitrogen and oxygen atoms in total. The van der Waals surface area contributed by atoms with Gasteiger partial charge in [-0.25, -0.2) is 4.79 Å². The summed E-state index contributed by atoms with van der Waals surface area (Å²) in [5, 5.41) is 20.0. The summed E-state index contributed by atoms with van der Waals surface area (Å²) >= 11 is 1.61. The van der Waals surface area contributed by atoms with Crippen LogP contribution in [0.4, 0.5) is 0 Å². The van der Waals surface area contributed by atoms with Crippen LogP contribution in [0.1, 0.15) is 45.8 Å². The minimum Gasteiger partial charge on any atom is -0.478 e. The first-order valence-corrected chi connectivity index (χ1v) is 11.6. The van der Waals surface area contributed by atoms with Crippen LogP contribution in [0.2, 0.25) is 0 Å². The molecule has 2 aromatic heterocycles. The largest absolute Gasteiger partial charge is 0.478 e. The monoisotopic (exact) mass is 446 g/mol. The number of carbonyl (C=O) groups excluding carboxylic acids is 1. The molecule has 31 heavy (non-hydrogen) atoms. The van der Waals surface area contributed by atoms with E-state index in [-0.39, 0.29) is 36.1 Å². The second-order valence-corrected chi connectivity index (χ2v) is 8.51. The lowest BCUT2D eigenvalue weighted by Crippen LogP contribution is -2.58. The minimum absolute atomic E-state index is 0.00968. The predicted molar refractivity (Wildman–Crippen MR) is 120 cm³/mol. The fourth-order valence-corrected chi connectivity index (χ4v) is 4.47. The molecule has 0 bridgehead atoms. The molecule has 0 saturated heterocycles. The van der Waals surface area contributed by atoms with Crippen LogP contribution in [-0.2, 0) is 20.9 Å². The molecule has 168 valence electrons. The number of carboxylic acids is 1. The molecule has 0 fully saturated rings. The Morgan fingerprint density at radius 2 is 2.06 bits per heavy atom. The zero-order valence-electron chi connectivity index (χ0n) is 18.1. The summed E-state index contributed by atoms with van der Waals surface area (Å²) in [5.41, 5.74) is 1.31. The van der Waals surface area contributed by atoms with Crippen LogP contribution < -0.4 is 10.6 Å². The Balaban J connectivity index is 1.77. The van der Waals surface area contributed by atoms with Crippen LogP contribution in [0.15, 0.2) is 45.0 Å². The first-order valence-electron chi connectivity index (χ1n) is 10.6. The van der Waals surface area contributed by atoms with E-state index in [2.05, 4.69) is 10.6 Å². The molecule has 3 N–H and O–H groups in total. The molecule has 0 saturated carbocycles. The third-order valence-electron chi connectivity index (χ3n) is 5.50. The molecule has 0 radical (unpaired) electrons. The third-order valence-corrected chi connectivity index (χ3v) is 6.19. The standard InChI is InChI=1S/C23H30N2O5S/c1-4-17(5-2)29-21-11-16(23(27)28)10-19(22(21)25-14(3)26)24-12-18-6-7-20(30-18)15-8-9-31-13-15/h6-9,11,13,17,19,21-22,24H,4-5,10,12H2,1-3H3,(H,25,26)(H,27,28)/t19-,21+,22+/m0/s1. The van der Waals surface area contributed by atoms with E-state index in [0.29, 0.717) is 6.54 Å². The van der Waals surface area contributed by atoms with Crippen LogP contribution in [-0.4, -0.2) is 41.3 Å². The highest BCUT2D eigenvalue weighted by molar-refractivity contribution is 7.08. The number of carbonyl (C=O) groups is 2. The molecule has 8 heteroatoms. The Hall–Kier alpha value is -2.42. The third kappa shape index (κ3) is 6.06. The fraction of sp³-hybridized carbons (Fsp3) is 0.478. The number of hydrogen-bond donors (Lipinski definition) is 3. The molecule has 1 aliphatic carbocycles. The Bertz CT molecular complexity index is 901. The quantitative estimate of drug-likeness (QED) is 0.511. The molecular weight excluding hydrogens is 416 g/mol. The van der Waals surface area contributed by atoms with E-state index in [1.165, 1.54) is 6.92 Å². The molecule has 2 aromatic rings. The van der Waals surface area contributed by atoms with E-state index in [1.807, 2.05) is 42.8 Å². The van der Waals surface area contributed by atoms with Gasteiger partial charge < -0.3 is 24.9 Å². The van der Waals surface area contributed by atoms with Crippen LogP contribution in [0.25, 0.3) is 11.3 Å². The van der Waals surface area contributed by atoms with Crippen molar-refractivity contribution >= 4 is 23.2 Å². The first kappa shape index (κ1) is 23.2. The van der Waals surface area contributed by atoms with Crippen molar-refractivity contribution in [2.75, 3.05) is 0 Å². The number of carboxylic acid groups (broad SMARTS) is 1. The Labute approximate surface area is 186 Å². The summed E-state index contributed by atoms with van der Waals surface area (Å²) in [7, 11) is 0. The van der Waals surface area contributed by atoms with Crippen molar-refractivity contribution in [1.29, 1.82) is 0 Å². The number of aliphatic carboxylic acids is 1. The second-order valence-electron chi connectivity index (χ2n) is 7.73. The summed E-state index contributed by atoms with van der Waals surface area (Å²) in [5.74, 6) is 0.386. The summed E-state index contributed by atoms with van der Waals surface area (Å²) < 4.78 is 12.1. The summed E-state index contributed by atoms with van der Waals surface area (Å²) in [6, 6.07) is 5.13. The number of furan rings is 1. The first-order chi connectivity index (χ1) is 14.9. The molecule has 1 amide bonds. The van der Waals surface area contributed by atoms with Crippen molar-refractivity contribution in [2.24, 2.45) is 0 Å². The lowest BCUT2D eigenvalue weighted by atomic mass is 9.87. The summed E-state index contributed by atoms with van der Waals surface area (Å²) in [6.07, 6.45) is 3.01. The molecule has 0 aromatic carbocycles. The number of thiophene rings is 1. The lowest BCUT2D eigenvalue weighted by Gasteiger charge is -2.38. The average molecular weight is 447 g/mol. The normalized spacial score (nSPS) is 21.2. The maximum Gasteiger partial charge on any atom is 0.331 e. The van der Waals surface area contributed by atoms with E-state index in [1.54, 1.807) is 17.4 Å². The summed E-state index contributed by atoms with van der Waals surface area (Å²) in [4.78, 5) is 23.7. The maximum absolute atomic E-state index is 11.9. The molecule has 0 spiro atoms. The molecular formula is C23H30N2O5S. The maximum atomic E-state index is 11.9. The van der Waals surface area contributed by atoms with Gasteiger partial charge in [-0.1, -0.05) is 13.8 Å².